The molecule has 2 aromatic heterocycles. The number of hydrogen-bond donors (Lipinski definition) is 6. The minimum Gasteiger partial charge on any atom is -0.492 e. The van der Waals surface area contributed by atoms with Crippen LogP contribution in [0.1, 0.15) is 29.4 Å². The lowest BCUT2D eigenvalue weighted by atomic mass is 10.0. The molecule has 0 spiro atoms. The van der Waals surface area contributed by atoms with Gasteiger partial charge in [0.25, 0.3) is 5.91 Å². The van der Waals surface area contributed by atoms with E-state index in [4.69, 9.17) is 0 Å². The lowest BCUT2D eigenvalue weighted by Crippen LogP contribution is -2.48. The number of likely N-dealkylation sites (N-methyl/N-ethyl adjacent to an activating group) is 1. The summed E-state index contributed by atoms with van der Waals surface area (Å²) in [5.74, 6) is -0.557. The quantitative estimate of drug-likeness (QED) is 0.0504. The van der Waals surface area contributed by atoms with Crippen molar-refractivity contribution in [2.45, 2.75) is 32.5 Å². The first-order chi connectivity index (χ1) is 27.6. The van der Waals surface area contributed by atoms with Gasteiger partial charge in [0.2, 0.25) is 29.6 Å². The summed E-state index contributed by atoms with van der Waals surface area (Å²) in [4.78, 5) is 58.7. The predicted molar refractivity (Wildman–Crippen MR) is 214 cm³/mol. The van der Waals surface area contributed by atoms with Crippen LogP contribution in [0, 0.1) is 17.1 Å². The number of carbonyl (C=O) groups excluding carboxylic acids is 2. The summed E-state index contributed by atoms with van der Waals surface area (Å²) in [6, 6.07) is 20.3. The fourth-order valence-corrected chi connectivity index (χ4v) is 6.16. The molecule has 0 saturated carbocycles. The van der Waals surface area contributed by atoms with Crippen LogP contribution in [0.3, 0.4) is 0 Å². The first-order valence-electron chi connectivity index (χ1n) is 18.0. The zero-order chi connectivity index (χ0) is 40.3. The van der Waals surface area contributed by atoms with Crippen molar-refractivity contribution in [2.75, 3.05) is 49.2 Å². The molecule has 1 fully saturated rings. The molecule has 0 radical (unpaired) electrons. The van der Waals surface area contributed by atoms with E-state index in [-0.39, 0.29) is 48.2 Å². The minimum atomic E-state index is -0.776. The zero-order valence-corrected chi connectivity index (χ0v) is 31.3. The Hall–Kier alpha value is -7.26. The molecule has 3 heterocycles. The van der Waals surface area contributed by atoms with Gasteiger partial charge in [-0.3, -0.25) is 19.5 Å². The van der Waals surface area contributed by atoms with Crippen LogP contribution >= 0.6 is 0 Å². The van der Waals surface area contributed by atoms with Crippen LogP contribution in [0.5, 0.6) is 0 Å². The van der Waals surface area contributed by atoms with Crippen LogP contribution in [0.4, 0.5) is 27.9 Å². The Morgan fingerprint density at radius 3 is 2.49 bits per heavy atom. The number of halogens is 1. The number of imidazole rings is 1. The zero-order valence-electron chi connectivity index (χ0n) is 31.3. The van der Waals surface area contributed by atoms with Crippen LogP contribution in [-0.4, -0.2) is 104 Å². The third-order valence-electron chi connectivity index (χ3n) is 9.00. The second-order valence-corrected chi connectivity index (χ2v) is 12.9. The molecule has 292 valence electrons. The van der Waals surface area contributed by atoms with Crippen LogP contribution in [0.15, 0.2) is 88.3 Å². The molecule has 1 atom stereocenters. The number of nitrogens with zero attached hydrogens (tertiary/aromatic N) is 9. The topological polar surface area (TPSA) is 225 Å². The number of aromatic amines is 1. The van der Waals surface area contributed by atoms with E-state index in [0.29, 0.717) is 60.8 Å². The van der Waals surface area contributed by atoms with Gasteiger partial charge in [-0.15, -0.1) is 0 Å². The number of fused-ring (bicyclic) bond motifs is 1. The molecule has 17 nitrogen and oxygen atoms in total. The largest absolute Gasteiger partial charge is 0.492 e. The van der Waals surface area contributed by atoms with E-state index in [1.807, 2.05) is 24.3 Å². The van der Waals surface area contributed by atoms with E-state index in [9.17, 15) is 24.3 Å². The lowest BCUT2D eigenvalue weighted by molar-refractivity contribution is -0.129. The molecular formula is C39H41FN14O3. The second kappa shape index (κ2) is 18.4. The van der Waals surface area contributed by atoms with Crippen LogP contribution in [0.25, 0.3) is 11.0 Å². The van der Waals surface area contributed by atoms with Gasteiger partial charge in [0.1, 0.15) is 17.7 Å². The average molecular weight is 773 g/mol. The van der Waals surface area contributed by atoms with E-state index in [2.05, 4.69) is 73.9 Å². The van der Waals surface area contributed by atoms with Crippen molar-refractivity contribution in [3.05, 3.63) is 107 Å². The number of benzene rings is 3. The summed E-state index contributed by atoms with van der Waals surface area (Å²) in [6.45, 7) is 7.87. The van der Waals surface area contributed by atoms with E-state index in [1.165, 1.54) is 25.4 Å². The number of aliphatic hydroxyl groups excluding tert-OH is 1. The summed E-state index contributed by atoms with van der Waals surface area (Å²) in [7, 11) is 1.54. The number of H-pyrrole nitrogens is 1. The van der Waals surface area contributed by atoms with E-state index in [0.717, 1.165) is 11.1 Å². The summed E-state index contributed by atoms with van der Waals surface area (Å²) in [5.41, 5.74) is 4.00. The smallest absolute Gasteiger partial charge is 0.278 e. The van der Waals surface area contributed by atoms with Gasteiger partial charge in [-0.05, 0) is 67.2 Å². The van der Waals surface area contributed by atoms with E-state index in [1.54, 1.807) is 42.2 Å². The van der Waals surface area contributed by atoms with E-state index < -0.39 is 17.8 Å². The molecule has 0 bridgehead atoms. The first kappa shape index (κ1) is 39.4. The SMILES string of the molecule is C=N/C(C(=O)N1CCN(Cc2cccc(Nc3nc(NCc4nc5ccc(F)cc5[nH]4)nc(N[C@H](Cc4ccc(C#N)cc4)C(=O)NC)n3)c2)CC1)=C(/O)N=CC. The number of aromatic nitrogens is 5. The highest BCUT2D eigenvalue weighted by molar-refractivity contribution is 5.94. The maximum absolute atomic E-state index is 13.8. The number of aliphatic imine (C=N–C) groups is 2. The molecule has 57 heavy (non-hydrogen) atoms. The Morgan fingerprint density at radius 1 is 1.02 bits per heavy atom. The summed E-state index contributed by atoms with van der Waals surface area (Å²) >= 11 is 0. The summed E-state index contributed by atoms with van der Waals surface area (Å²) in [5, 5.41) is 31.5. The monoisotopic (exact) mass is 772 g/mol. The number of aliphatic hydroxyl groups is 1. The van der Waals surface area contributed by atoms with Crippen molar-refractivity contribution < 1.29 is 19.1 Å². The highest BCUT2D eigenvalue weighted by atomic mass is 19.1. The van der Waals surface area contributed by atoms with Gasteiger partial charge in [0, 0.05) is 58.1 Å². The van der Waals surface area contributed by atoms with Gasteiger partial charge in [-0.1, -0.05) is 24.3 Å². The van der Waals surface area contributed by atoms with Gasteiger partial charge in [-0.2, -0.15) is 20.2 Å². The fourth-order valence-electron chi connectivity index (χ4n) is 6.16. The van der Waals surface area contributed by atoms with Crippen molar-refractivity contribution in [3.8, 4) is 6.07 Å². The normalized spacial score (nSPS) is 14.1. The third-order valence-corrected chi connectivity index (χ3v) is 9.00. The third kappa shape index (κ3) is 10.3. The van der Waals surface area contributed by atoms with Gasteiger partial charge >= 0.3 is 0 Å². The molecule has 6 rings (SSSR count). The highest BCUT2D eigenvalue weighted by Gasteiger charge is 2.26. The average Bonchev–Trinajstić information content (AvgIpc) is 3.62. The number of carbonyl (C=O) groups is 2. The van der Waals surface area contributed by atoms with Crippen molar-refractivity contribution in [3.63, 3.8) is 0 Å². The number of nitriles is 1. The summed E-state index contributed by atoms with van der Waals surface area (Å²) < 4.78 is 13.8. The van der Waals surface area contributed by atoms with Crippen molar-refractivity contribution in [1.29, 1.82) is 5.26 Å². The molecule has 1 aliphatic heterocycles. The molecule has 1 aliphatic rings. The Morgan fingerprint density at radius 2 is 1.77 bits per heavy atom. The number of hydrogen-bond acceptors (Lipinski definition) is 14. The minimum absolute atomic E-state index is 0.118. The van der Waals surface area contributed by atoms with Crippen LogP contribution in [-0.2, 0) is 29.1 Å². The number of anilines is 4. The number of amides is 2. The van der Waals surface area contributed by atoms with Gasteiger partial charge in [-0.25, -0.2) is 14.4 Å². The van der Waals surface area contributed by atoms with Crippen LogP contribution < -0.4 is 21.3 Å². The Kier molecular flexibility index (Phi) is 12.7. The molecule has 0 unspecified atom stereocenters. The summed E-state index contributed by atoms with van der Waals surface area (Å²) in [6.07, 6.45) is 1.65. The van der Waals surface area contributed by atoms with Gasteiger partial charge < -0.3 is 36.3 Å². The van der Waals surface area contributed by atoms with E-state index >= 15 is 0 Å². The molecular weight excluding hydrogens is 732 g/mol. The van der Waals surface area contributed by atoms with Gasteiger partial charge in [0.15, 0.2) is 5.70 Å². The molecule has 3 aromatic carbocycles. The second-order valence-electron chi connectivity index (χ2n) is 12.9. The van der Waals surface area contributed by atoms with Crippen molar-refractivity contribution in [2.24, 2.45) is 9.98 Å². The molecule has 0 aliphatic carbocycles. The van der Waals surface area contributed by atoms with Gasteiger partial charge in [0.05, 0.1) is 29.2 Å². The Balaban J connectivity index is 1.18. The van der Waals surface area contributed by atoms with Crippen molar-refractivity contribution >= 4 is 59.3 Å². The maximum atomic E-state index is 13.8. The highest BCUT2D eigenvalue weighted by Crippen LogP contribution is 2.21. The standard InChI is InChI=1S/C39H41FN14O3/c1-4-44-35(56)33(42-2)36(57)54-16-14-53(15-17-54)23-26-6-5-7-28(18-26)46-38-50-37(45-22-32-47-29-13-12-27(40)20-30(29)48-32)51-39(52-38)49-31(34(55)43-3)19-24-8-10-25(21-41)11-9-24/h4-13,18,20,31,56H,2,14-17,19,22-23H2,1,3H3,(H,43,55)(H,47,48)(H3,45,46,49,50,51,52)/b35-33+,44-4?/t31-/m1/s1. The maximum Gasteiger partial charge on any atom is 0.278 e. The molecule has 18 heteroatoms. The fraction of sp³-hybridized carbons (Fsp3) is 0.256. The van der Waals surface area contributed by atoms with Crippen LogP contribution in [0.2, 0.25) is 0 Å². The number of rotatable bonds is 15. The number of piperazine rings is 1. The predicted octanol–water partition coefficient (Wildman–Crippen LogP) is 4.05. The molecule has 6 N–H and O–H groups in total. The molecule has 2 amide bonds. The molecule has 1 saturated heterocycles. The first-order valence-corrected chi connectivity index (χ1v) is 18.0. The lowest BCUT2D eigenvalue weighted by Gasteiger charge is -2.34. The van der Waals surface area contributed by atoms with Crippen molar-refractivity contribution in [1.82, 2.24) is 40.0 Å². The number of nitrogens with one attached hydrogen (secondary N) is 5. The Labute approximate surface area is 327 Å². The Bertz CT molecular complexity index is 2350. The molecule has 5 aromatic rings.